The topological polar surface area (TPSA) is 96.9 Å². The van der Waals surface area contributed by atoms with Crippen LogP contribution < -0.4 is 10.6 Å². The van der Waals surface area contributed by atoms with E-state index in [0.717, 1.165) is 33.6 Å². The maximum atomic E-state index is 12.9. The minimum absolute atomic E-state index is 0.121. The van der Waals surface area contributed by atoms with Crippen LogP contribution in [0.1, 0.15) is 43.2 Å². The van der Waals surface area contributed by atoms with E-state index < -0.39 is 11.8 Å². The minimum Gasteiger partial charge on any atom is -0.296 e. The van der Waals surface area contributed by atoms with Crippen molar-refractivity contribution in [3.05, 3.63) is 99.0 Å². The number of nitrogens with one attached hydrogen (secondary N) is 2. The summed E-state index contributed by atoms with van der Waals surface area (Å²) in [6, 6.07) is 17.1. The molecular weight excluding hydrogens is 514 g/mol. The molecule has 0 aliphatic rings. The molecule has 0 aliphatic heterocycles. The summed E-state index contributed by atoms with van der Waals surface area (Å²) in [6.45, 7) is 8.17. The van der Waals surface area contributed by atoms with E-state index in [1.165, 1.54) is 33.8 Å². The van der Waals surface area contributed by atoms with Gasteiger partial charge in [0, 0.05) is 21.9 Å². The molecule has 0 aliphatic carbocycles. The summed E-state index contributed by atoms with van der Waals surface area (Å²) in [5, 5.41) is 10.3. The third-order valence-corrected chi connectivity index (χ3v) is 7.49. The second kappa shape index (κ2) is 10.6. The molecule has 5 rings (SSSR count). The van der Waals surface area contributed by atoms with Gasteiger partial charge in [0.15, 0.2) is 10.3 Å². The summed E-state index contributed by atoms with van der Waals surface area (Å²) in [7, 11) is 0. The molecule has 2 N–H and O–H groups in total. The normalized spacial score (nSPS) is 10.8. The molecule has 38 heavy (non-hydrogen) atoms. The summed E-state index contributed by atoms with van der Waals surface area (Å²) in [6.07, 6.45) is 0. The van der Waals surface area contributed by atoms with Crippen molar-refractivity contribution in [1.82, 2.24) is 15.0 Å². The average molecular weight is 540 g/mol. The number of amides is 2. The quantitative estimate of drug-likeness (QED) is 0.241. The smallest absolute Gasteiger partial charge is 0.276 e. The lowest BCUT2D eigenvalue weighted by molar-refractivity contribution is 0.101. The van der Waals surface area contributed by atoms with Gasteiger partial charge in [-0.3, -0.25) is 20.2 Å². The highest BCUT2D eigenvalue weighted by Crippen LogP contribution is 2.29. The number of carbonyl (C=O) groups is 2. The summed E-state index contributed by atoms with van der Waals surface area (Å²) in [5.74, 6) is -0.875. The van der Waals surface area contributed by atoms with Gasteiger partial charge >= 0.3 is 0 Å². The van der Waals surface area contributed by atoms with Crippen molar-refractivity contribution in [2.24, 2.45) is 0 Å². The molecule has 0 saturated carbocycles. The zero-order valence-electron chi connectivity index (χ0n) is 21.3. The van der Waals surface area contributed by atoms with Crippen LogP contribution in [0.25, 0.3) is 22.5 Å². The number of nitrogens with zero attached hydrogens (tertiary/aromatic N) is 3. The second-order valence-corrected chi connectivity index (χ2v) is 10.7. The molecule has 0 spiro atoms. The molecule has 0 saturated heterocycles. The Bertz CT molecular complexity index is 1550. The van der Waals surface area contributed by atoms with E-state index in [4.69, 9.17) is 0 Å². The van der Waals surface area contributed by atoms with E-state index in [2.05, 4.69) is 37.7 Å². The third kappa shape index (κ3) is 5.53. The molecule has 2 amide bonds. The number of benzene rings is 2. The Morgan fingerprint density at radius 2 is 1.08 bits per heavy atom. The van der Waals surface area contributed by atoms with Gasteiger partial charge in [-0.2, -0.15) is 0 Å². The van der Waals surface area contributed by atoms with Gasteiger partial charge in [0.05, 0.1) is 11.4 Å². The van der Waals surface area contributed by atoms with Crippen molar-refractivity contribution in [3.63, 3.8) is 0 Å². The molecule has 9 heteroatoms. The number of rotatable bonds is 6. The molecule has 0 atom stereocenters. The van der Waals surface area contributed by atoms with Crippen LogP contribution in [-0.2, 0) is 0 Å². The van der Waals surface area contributed by atoms with Crippen LogP contribution in [0.4, 0.5) is 10.3 Å². The summed E-state index contributed by atoms with van der Waals surface area (Å²) < 4.78 is 0. The Kier molecular flexibility index (Phi) is 7.13. The van der Waals surface area contributed by atoms with Crippen molar-refractivity contribution in [1.29, 1.82) is 0 Å². The monoisotopic (exact) mass is 539 g/mol. The fourth-order valence-corrected chi connectivity index (χ4v) is 5.53. The lowest BCUT2D eigenvalue weighted by atomic mass is 10.0. The van der Waals surface area contributed by atoms with Gasteiger partial charge in [-0.25, -0.2) is 15.0 Å². The molecule has 3 heterocycles. The Hall–Kier alpha value is -4.21. The average Bonchev–Trinajstić information content (AvgIpc) is 3.54. The molecule has 0 fully saturated rings. The predicted octanol–water partition coefficient (Wildman–Crippen LogP) is 7.07. The van der Waals surface area contributed by atoms with Gasteiger partial charge in [0.2, 0.25) is 0 Å². The van der Waals surface area contributed by atoms with Crippen LogP contribution >= 0.6 is 22.7 Å². The van der Waals surface area contributed by atoms with Crippen molar-refractivity contribution in [2.75, 3.05) is 10.6 Å². The molecule has 0 unspecified atom stereocenters. The fraction of sp³-hybridized carbons (Fsp3) is 0.138. The van der Waals surface area contributed by atoms with Crippen LogP contribution in [0.3, 0.4) is 0 Å². The Balaban J connectivity index is 1.27. The van der Waals surface area contributed by atoms with Gasteiger partial charge in [-0.05, 0) is 51.0 Å². The first-order valence-corrected chi connectivity index (χ1v) is 13.7. The first-order chi connectivity index (χ1) is 18.3. The largest absolute Gasteiger partial charge is 0.296 e. The molecule has 3 aromatic heterocycles. The van der Waals surface area contributed by atoms with Crippen LogP contribution in [0.15, 0.2) is 65.4 Å². The molecule has 7 nitrogen and oxygen atoms in total. The van der Waals surface area contributed by atoms with Gasteiger partial charge in [-0.1, -0.05) is 53.6 Å². The predicted molar refractivity (Wildman–Crippen MR) is 154 cm³/mol. The highest BCUT2D eigenvalue weighted by Gasteiger charge is 2.16. The zero-order valence-corrected chi connectivity index (χ0v) is 23.0. The number of carbonyl (C=O) groups excluding carboxylic acids is 2. The van der Waals surface area contributed by atoms with Crippen molar-refractivity contribution >= 4 is 44.8 Å². The van der Waals surface area contributed by atoms with Gasteiger partial charge in [0.25, 0.3) is 11.8 Å². The number of anilines is 2. The lowest BCUT2D eigenvalue weighted by Gasteiger charge is -2.05. The van der Waals surface area contributed by atoms with Gasteiger partial charge in [0.1, 0.15) is 11.4 Å². The number of thiazole rings is 2. The van der Waals surface area contributed by atoms with E-state index in [1.807, 2.05) is 62.7 Å². The van der Waals surface area contributed by atoms with Crippen LogP contribution in [0, 0.1) is 27.7 Å². The van der Waals surface area contributed by atoms with Crippen molar-refractivity contribution < 1.29 is 9.59 Å². The maximum Gasteiger partial charge on any atom is 0.276 e. The summed E-state index contributed by atoms with van der Waals surface area (Å²) in [4.78, 5) is 39.1. The molecule has 5 aromatic rings. The summed E-state index contributed by atoms with van der Waals surface area (Å²) >= 11 is 2.68. The minimum atomic E-state index is -0.437. The maximum absolute atomic E-state index is 12.9. The molecular formula is C29H25N5O2S2. The summed E-state index contributed by atoms with van der Waals surface area (Å²) in [5.41, 5.74) is 8.49. The van der Waals surface area contributed by atoms with E-state index in [9.17, 15) is 9.59 Å². The first-order valence-electron chi connectivity index (χ1n) is 11.9. The van der Waals surface area contributed by atoms with Crippen LogP contribution in [0.2, 0.25) is 0 Å². The molecule has 0 radical (unpaired) electrons. The number of aromatic nitrogens is 3. The fourth-order valence-electron chi connectivity index (χ4n) is 4.12. The highest BCUT2D eigenvalue weighted by atomic mass is 32.1. The van der Waals surface area contributed by atoms with E-state index in [-0.39, 0.29) is 11.4 Å². The third-order valence-electron chi connectivity index (χ3n) is 5.98. The van der Waals surface area contributed by atoms with E-state index in [0.29, 0.717) is 10.3 Å². The van der Waals surface area contributed by atoms with Gasteiger partial charge < -0.3 is 0 Å². The second-order valence-electron chi connectivity index (χ2n) is 9.03. The number of hydrogen-bond donors (Lipinski definition) is 2. The standard InChI is InChI=1S/C29H25N5O2S2/c1-16-8-10-20(18(3)12-16)24-14-37-28(31-24)33-26(35)22-6-5-7-23(30-22)27(36)34-29-32-25(15-38-29)21-11-9-17(2)13-19(21)4/h5-15H,1-4H3,(H,31,33,35)(H,32,34,36). The Morgan fingerprint density at radius 1 is 0.632 bits per heavy atom. The zero-order chi connectivity index (χ0) is 26.8. The van der Waals surface area contributed by atoms with Crippen molar-refractivity contribution in [3.8, 4) is 22.5 Å². The van der Waals surface area contributed by atoms with Crippen LogP contribution in [0.5, 0.6) is 0 Å². The van der Waals surface area contributed by atoms with E-state index >= 15 is 0 Å². The highest BCUT2D eigenvalue weighted by molar-refractivity contribution is 7.14. The SMILES string of the molecule is Cc1ccc(-c2csc(NC(=O)c3cccc(C(=O)Nc4nc(-c5ccc(C)cc5C)cs4)n3)n2)c(C)c1. The van der Waals surface area contributed by atoms with Crippen molar-refractivity contribution in [2.45, 2.75) is 27.7 Å². The number of aryl methyl sites for hydroxylation is 4. The van der Waals surface area contributed by atoms with Crippen LogP contribution in [-0.4, -0.2) is 26.8 Å². The molecule has 190 valence electrons. The number of hydrogen-bond acceptors (Lipinski definition) is 7. The number of pyridine rings is 1. The molecule has 2 aromatic carbocycles. The first kappa shape index (κ1) is 25.4. The Morgan fingerprint density at radius 3 is 1.50 bits per heavy atom. The Labute approximate surface area is 228 Å². The van der Waals surface area contributed by atoms with E-state index in [1.54, 1.807) is 18.2 Å². The van der Waals surface area contributed by atoms with Gasteiger partial charge in [-0.15, -0.1) is 22.7 Å². The molecule has 0 bridgehead atoms. The lowest BCUT2D eigenvalue weighted by Crippen LogP contribution is -2.18.